The molecule has 0 bridgehead atoms. The molecule has 1 saturated heterocycles. The normalized spacial score (nSPS) is 19.9. The Balaban J connectivity index is 1.84. The Bertz CT molecular complexity index is 1570. The fourth-order valence-electron chi connectivity index (χ4n) is 6.85. The number of methoxy groups -OCH3 is 1. The van der Waals surface area contributed by atoms with Crippen LogP contribution in [0.25, 0.3) is 0 Å². The number of likely N-dealkylation sites (tertiary alicyclic amines) is 1. The minimum absolute atomic E-state index is 0.172. The van der Waals surface area contributed by atoms with Crippen LogP contribution in [0.3, 0.4) is 0 Å². The molecule has 246 valence electrons. The Morgan fingerprint density at radius 3 is 2.04 bits per heavy atom. The summed E-state index contributed by atoms with van der Waals surface area (Å²) in [7, 11) is -0.513. The van der Waals surface area contributed by atoms with Crippen molar-refractivity contribution in [3.63, 3.8) is 0 Å². The van der Waals surface area contributed by atoms with E-state index in [4.69, 9.17) is 9.47 Å². The van der Waals surface area contributed by atoms with Gasteiger partial charge in [-0.15, -0.1) is 0 Å². The van der Waals surface area contributed by atoms with Crippen LogP contribution in [0.1, 0.15) is 58.2 Å². The van der Waals surface area contributed by atoms with Gasteiger partial charge in [0.05, 0.1) is 27.9 Å². The third-order valence-electron chi connectivity index (χ3n) is 8.58. The summed E-state index contributed by atoms with van der Waals surface area (Å²) in [6.07, 6.45) is 1.48. The number of amides is 2. The number of aromatic nitrogens is 1. The van der Waals surface area contributed by atoms with E-state index in [1.807, 2.05) is 88.5 Å². The lowest BCUT2D eigenvalue weighted by Gasteiger charge is -2.68. The maximum absolute atomic E-state index is 14.5. The molecule has 10 heteroatoms. The minimum Gasteiger partial charge on any atom is -0.497 e. The largest absolute Gasteiger partial charge is 0.497 e. The second-order valence-electron chi connectivity index (χ2n) is 14.4. The highest BCUT2D eigenvalue weighted by Gasteiger charge is 2.77. The van der Waals surface area contributed by atoms with Gasteiger partial charge in [0.2, 0.25) is 5.91 Å². The van der Waals surface area contributed by atoms with Crippen molar-refractivity contribution >= 4 is 32.6 Å². The van der Waals surface area contributed by atoms with E-state index in [-0.39, 0.29) is 25.3 Å². The molecular weight excluding hydrogens is 598 g/mol. The Morgan fingerprint density at radius 1 is 0.913 bits per heavy atom. The molecular formula is C36H47N3O6Si. The van der Waals surface area contributed by atoms with Crippen LogP contribution in [0.15, 0.2) is 72.9 Å². The molecule has 0 aliphatic carbocycles. The summed E-state index contributed by atoms with van der Waals surface area (Å²) >= 11 is 0. The van der Waals surface area contributed by atoms with E-state index in [0.717, 1.165) is 11.1 Å². The summed E-state index contributed by atoms with van der Waals surface area (Å²) in [5.41, 5.74) is -0.225. The lowest BCUT2D eigenvalue weighted by molar-refractivity contribution is -0.205. The monoisotopic (exact) mass is 645 g/mol. The van der Waals surface area contributed by atoms with Crippen molar-refractivity contribution in [2.75, 3.05) is 12.0 Å². The van der Waals surface area contributed by atoms with Gasteiger partial charge in [-0.05, 0) is 95.3 Å². The number of benzene rings is 2. The van der Waals surface area contributed by atoms with Gasteiger partial charge in [-0.2, -0.15) is 0 Å². The standard InChI is InChI=1S/C36H47N3O6Si/c1-33(2,3)39-30(40)35(22-25-13-11-10-12-14-25,36(39,31(41)42)46(8)9)23-27-19-20-37-29(21-27)38(32(43)45-34(4,5)6)24-26-15-17-28(44-7)18-16-26/h10-21,46H,22-24H2,1-9H3,(H,41,42)/t35-,36-/m1/s1. The molecule has 1 fully saturated rings. The van der Waals surface area contributed by atoms with Crippen molar-refractivity contribution in [1.29, 1.82) is 0 Å². The molecule has 2 atom stereocenters. The molecule has 9 nitrogen and oxygen atoms in total. The van der Waals surface area contributed by atoms with E-state index < -0.39 is 42.6 Å². The van der Waals surface area contributed by atoms with Crippen LogP contribution in [0.2, 0.25) is 13.1 Å². The first-order chi connectivity index (χ1) is 21.5. The van der Waals surface area contributed by atoms with Crippen LogP contribution in [0.4, 0.5) is 10.6 Å². The quantitative estimate of drug-likeness (QED) is 0.204. The lowest BCUT2D eigenvalue weighted by atomic mass is 9.61. The summed E-state index contributed by atoms with van der Waals surface area (Å²) in [5.74, 6) is -0.0991. The van der Waals surface area contributed by atoms with Gasteiger partial charge in [-0.1, -0.05) is 55.6 Å². The molecule has 0 unspecified atom stereocenters. The smallest absolute Gasteiger partial charge is 0.416 e. The molecule has 3 aromatic rings. The SMILES string of the molecule is COc1ccc(CN(C(=O)OC(C)(C)C)c2cc(C[C@]3(Cc4ccccc4)C(=O)N(C(C)(C)C)[C@]3(C(=O)O)[SiH](C)C)ccn2)cc1. The van der Waals surface area contributed by atoms with E-state index in [1.165, 1.54) is 4.90 Å². The highest BCUT2D eigenvalue weighted by molar-refractivity contribution is 6.66. The van der Waals surface area contributed by atoms with Gasteiger partial charge in [0, 0.05) is 11.7 Å². The summed E-state index contributed by atoms with van der Waals surface area (Å²) in [5, 5.41) is 9.72. The molecule has 1 N–H and O–H groups in total. The minimum atomic E-state index is -2.11. The summed E-state index contributed by atoms with van der Waals surface area (Å²) in [4.78, 5) is 49.3. The van der Waals surface area contributed by atoms with Gasteiger partial charge in [0.15, 0.2) is 0 Å². The average Bonchev–Trinajstić information content (AvgIpc) is 2.96. The topological polar surface area (TPSA) is 109 Å². The van der Waals surface area contributed by atoms with Crippen molar-refractivity contribution in [3.8, 4) is 5.75 Å². The van der Waals surface area contributed by atoms with Gasteiger partial charge >= 0.3 is 12.1 Å². The van der Waals surface area contributed by atoms with Crippen LogP contribution in [-0.4, -0.2) is 65.2 Å². The third kappa shape index (κ3) is 6.53. The van der Waals surface area contributed by atoms with Crippen LogP contribution in [0.5, 0.6) is 5.75 Å². The van der Waals surface area contributed by atoms with Crippen molar-refractivity contribution < 1.29 is 29.0 Å². The third-order valence-corrected chi connectivity index (χ3v) is 11.3. The summed E-state index contributed by atoms with van der Waals surface area (Å²) < 4.78 is 11.1. The second kappa shape index (κ2) is 12.9. The van der Waals surface area contributed by atoms with Gasteiger partial charge < -0.3 is 19.5 Å². The molecule has 4 rings (SSSR count). The van der Waals surface area contributed by atoms with Crippen LogP contribution >= 0.6 is 0 Å². The van der Waals surface area contributed by atoms with Crippen molar-refractivity contribution in [1.82, 2.24) is 9.88 Å². The number of hydrogen-bond acceptors (Lipinski definition) is 6. The number of β-lactam (4-membered cyclic amide) rings is 1. The van der Waals surface area contributed by atoms with E-state index in [1.54, 1.807) is 51.1 Å². The van der Waals surface area contributed by atoms with Crippen molar-refractivity contribution in [3.05, 3.63) is 89.6 Å². The fourth-order valence-corrected chi connectivity index (χ4v) is 9.80. The number of anilines is 1. The van der Waals surface area contributed by atoms with Crippen LogP contribution in [0, 0.1) is 5.41 Å². The molecule has 1 aliphatic heterocycles. The Labute approximate surface area is 274 Å². The molecule has 2 aromatic carbocycles. The molecule has 2 amide bonds. The number of carboxylic acid groups (broad SMARTS) is 1. The second-order valence-corrected chi connectivity index (χ2v) is 17.5. The Hall–Kier alpha value is -4.18. The van der Waals surface area contributed by atoms with E-state index >= 15 is 0 Å². The number of ether oxygens (including phenoxy) is 2. The number of carbonyl (C=O) groups is 3. The molecule has 0 saturated carbocycles. The first kappa shape index (κ1) is 34.7. The van der Waals surface area contributed by atoms with E-state index in [0.29, 0.717) is 17.1 Å². The van der Waals surface area contributed by atoms with Crippen LogP contribution in [-0.2, 0) is 33.7 Å². The molecule has 1 aromatic heterocycles. The maximum atomic E-state index is 14.5. The van der Waals surface area contributed by atoms with Crippen molar-refractivity contribution in [2.24, 2.45) is 5.41 Å². The van der Waals surface area contributed by atoms with Gasteiger partial charge in [0.25, 0.3) is 0 Å². The number of nitrogens with zero attached hydrogens (tertiary/aromatic N) is 3. The Morgan fingerprint density at radius 2 is 1.52 bits per heavy atom. The highest BCUT2D eigenvalue weighted by atomic mass is 28.3. The van der Waals surface area contributed by atoms with Crippen LogP contribution < -0.4 is 9.64 Å². The maximum Gasteiger partial charge on any atom is 0.416 e. The molecule has 1 aliphatic rings. The Kier molecular flexibility index (Phi) is 9.73. The molecule has 0 spiro atoms. The number of rotatable bonds is 10. The van der Waals surface area contributed by atoms with Crippen molar-refractivity contribution in [2.45, 2.75) is 90.3 Å². The number of carboxylic acids is 1. The zero-order chi connectivity index (χ0) is 34.1. The summed E-state index contributed by atoms with van der Waals surface area (Å²) in [6, 6.07) is 20.6. The number of aliphatic carboxylic acids is 1. The lowest BCUT2D eigenvalue weighted by Crippen LogP contribution is -2.89. The number of pyridine rings is 1. The zero-order valence-corrected chi connectivity index (χ0v) is 29.6. The molecule has 46 heavy (non-hydrogen) atoms. The van der Waals surface area contributed by atoms with Gasteiger partial charge in [-0.25, -0.2) is 14.6 Å². The van der Waals surface area contributed by atoms with E-state index in [2.05, 4.69) is 4.98 Å². The first-order valence-corrected chi connectivity index (χ1v) is 18.6. The zero-order valence-electron chi connectivity index (χ0n) is 28.5. The highest BCUT2D eigenvalue weighted by Crippen LogP contribution is 2.57. The summed E-state index contributed by atoms with van der Waals surface area (Å²) in [6.45, 7) is 15.3. The van der Waals surface area contributed by atoms with Gasteiger partial charge in [-0.3, -0.25) is 9.69 Å². The number of hydrogen-bond donors (Lipinski definition) is 1. The molecule has 0 radical (unpaired) electrons. The fraction of sp³-hybridized carbons (Fsp3) is 0.444. The predicted octanol–water partition coefficient (Wildman–Crippen LogP) is 6.29. The van der Waals surface area contributed by atoms with E-state index in [9.17, 15) is 19.5 Å². The molecule has 2 heterocycles. The number of carbonyl (C=O) groups excluding carboxylic acids is 2. The van der Waals surface area contributed by atoms with Gasteiger partial charge in [0.1, 0.15) is 22.3 Å². The average molecular weight is 646 g/mol. The first-order valence-electron chi connectivity index (χ1n) is 15.7. The predicted molar refractivity (Wildman–Crippen MR) is 182 cm³/mol.